The van der Waals surface area contributed by atoms with Crippen molar-refractivity contribution >= 4 is 16.9 Å². The molecule has 0 aliphatic carbocycles. The summed E-state index contributed by atoms with van der Waals surface area (Å²) in [4.78, 5) is 12.8. The van der Waals surface area contributed by atoms with E-state index in [0.717, 1.165) is 35.2 Å². The topological polar surface area (TPSA) is 49.7 Å². The summed E-state index contributed by atoms with van der Waals surface area (Å²) in [5.41, 5.74) is 2.16. The molecule has 0 N–H and O–H groups in total. The molecule has 5 heteroatoms. The molecule has 3 rings (SSSR count). The molecule has 0 radical (unpaired) electrons. The van der Waals surface area contributed by atoms with Crippen LogP contribution in [0.25, 0.3) is 16.6 Å². The Balaban J connectivity index is 1.92. The molecule has 0 atom stereocenters. The summed E-state index contributed by atoms with van der Waals surface area (Å²) in [6.45, 7) is 2.79. The largest absolute Gasteiger partial charge is 0.497 e. The summed E-state index contributed by atoms with van der Waals surface area (Å²) < 4.78 is 18.7. The third kappa shape index (κ3) is 5.40. The van der Waals surface area contributed by atoms with Crippen LogP contribution >= 0.6 is 0 Å². The van der Waals surface area contributed by atoms with E-state index in [2.05, 4.69) is 6.92 Å². The van der Waals surface area contributed by atoms with E-state index in [0.29, 0.717) is 18.1 Å². The third-order valence-corrected chi connectivity index (χ3v) is 5.52. The van der Waals surface area contributed by atoms with Gasteiger partial charge in [-0.25, -0.2) is 4.79 Å². The van der Waals surface area contributed by atoms with E-state index in [9.17, 15) is 4.79 Å². The van der Waals surface area contributed by atoms with Crippen molar-refractivity contribution in [3.8, 4) is 17.2 Å². The van der Waals surface area contributed by atoms with Gasteiger partial charge in [0.05, 0.1) is 26.3 Å². The van der Waals surface area contributed by atoms with Gasteiger partial charge in [0.15, 0.2) is 11.4 Å². The summed E-state index contributed by atoms with van der Waals surface area (Å²) in [6.07, 6.45) is 8.42. The molecule has 166 valence electrons. The molecule has 0 bridgehead atoms. The van der Waals surface area contributed by atoms with Crippen molar-refractivity contribution < 1.29 is 19.0 Å². The van der Waals surface area contributed by atoms with E-state index in [1.807, 2.05) is 53.1 Å². The number of methoxy groups -OCH3 is 2. The van der Waals surface area contributed by atoms with E-state index in [1.54, 1.807) is 7.11 Å². The summed E-state index contributed by atoms with van der Waals surface area (Å²) in [7, 11) is 3.03. The van der Waals surface area contributed by atoms with Crippen LogP contribution in [-0.2, 0) is 4.74 Å². The van der Waals surface area contributed by atoms with Gasteiger partial charge in [0, 0.05) is 11.1 Å². The Kier molecular flexibility index (Phi) is 8.39. The molecule has 31 heavy (non-hydrogen) atoms. The molecule has 0 aliphatic rings. The summed E-state index contributed by atoms with van der Waals surface area (Å²) >= 11 is 0. The number of carbonyl (C=O) groups excluding carboxylic acids is 1. The lowest BCUT2D eigenvalue weighted by molar-refractivity contribution is 0.0587. The Morgan fingerprint density at radius 2 is 1.61 bits per heavy atom. The fourth-order valence-corrected chi connectivity index (χ4v) is 3.87. The number of nitrogens with zero attached hydrogens (tertiary/aromatic N) is 1. The van der Waals surface area contributed by atoms with Gasteiger partial charge in [-0.15, -0.1) is 0 Å². The van der Waals surface area contributed by atoms with Gasteiger partial charge in [0.25, 0.3) is 0 Å². The number of ether oxygens (including phenoxy) is 3. The quantitative estimate of drug-likeness (QED) is 0.245. The second-order valence-corrected chi connectivity index (χ2v) is 7.69. The van der Waals surface area contributed by atoms with Gasteiger partial charge in [-0.2, -0.15) is 0 Å². The Morgan fingerprint density at radius 1 is 0.903 bits per heavy atom. The lowest BCUT2D eigenvalue weighted by atomic mass is 10.1. The minimum absolute atomic E-state index is 0.403. The van der Waals surface area contributed by atoms with Crippen LogP contribution in [0.4, 0.5) is 0 Å². The first-order valence-electron chi connectivity index (χ1n) is 11.2. The summed E-state index contributed by atoms with van der Waals surface area (Å²) in [5.74, 6) is 0.846. The Bertz CT molecular complexity index is 978. The van der Waals surface area contributed by atoms with Crippen LogP contribution in [0.2, 0.25) is 0 Å². The average molecular weight is 424 g/mol. The third-order valence-electron chi connectivity index (χ3n) is 5.52. The molecule has 0 amide bonds. The van der Waals surface area contributed by atoms with Crippen LogP contribution in [0, 0.1) is 0 Å². The zero-order valence-corrected chi connectivity index (χ0v) is 18.9. The van der Waals surface area contributed by atoms with E-state index < -0.39 is 5.97 Å². The SMILES string of the molecule is CCCCCCCCCOc1c(C(=O)OC)n(-c2ccccc2)c2ccc(OC)cc12. The molecule has 5 nitrogen and oxygen atoms in total. The van der Waals surface area contributed by atoms with E-state index >= 15 is 0 Å². The lowest BCUT2D eigenvalue weighted by Crippen LogP contribution is -2.11. The van der Waals surface area contributed by atoms with Gasteiger partial charge >= 0.3 is 5.97 Å². The van der Waals surface area contributed by atoms with Crippen LogP contribution in [-0.4, -0.2) is 31.4 Å². The maximum Gasteiger partial charge on any atom is 0.358 e. The van der Waals surface area contributed by atoms with Crippen LogP contribution < -0.4 is 9.47 Å². The number of aromatic nitrogens is 1. The number of fused-ring (bicyclic) bond motifs is 1. The zero-order chi connectivity index (χ0) is 22.1. The molecular weight excluding hydrogens is 390 g/mol. The van der Waals surface area contributed by atoms with Crippen molar-refractivity contribution in [1.82, 2.24) is 4.57 Å². The smallest absolute Gasteiger partial charge is 0.358 e. The van der Waals surface area contributed by atoms with Crippen LogP contribution in [0.3, 0.4) is 0 Å². The minimum atomic E-state index is -0.423. The van der Waals surface area contributed by atoms with Gasteiger partial charge in [-0.1, -0.05) is 63.6 Å². The highest BCUT2D eigenvalue weighted by Gasteiger charge is 2.26. The molecule has 0 fully saturated rings. The molecule has 1 heterocycles. The number of carbonyl (C=O) groups is 1. The maximum absolute atomic E-state index is 12.8. The second-order valence-electron chi connectivity index (χ2n) is 7.69. The maximum atomic E-state index is 12.8. The van der Waals surface area contributed by atoms with E-state index in [1.165, 1.54) is 39.2 Å². The van der Waals surface area contributed by atoms with Gasteiger partial charge in [0.1, 0.15) is 5.75 Å². The number of hydrogen-bond acceptors (Lipinski definition) is 4. The molecular formula is C26H33NO4. The van der Waals surface area contributed by atoms with Crippen LogP contribution in [0.15, 0.2) is 48.5 Å². The summed E-state index contributed by atoms with van der Waals surface area (Å²) in [5, 5.41) is 0.839. The van der Waals surface area contributed by atoms with Crippen molar-refractivity contribution in [2.45, 2.75) is 51.9 Å². The van der Waals surface area contributed by atoms with Crippen molar-refractivity contribution in [3.63, 3.8) is 0 Å². The number of para-hydroxylation sites is 1. The van der Waals surface area contributed by atoms with Crippen molar-refractivity contribution in [1.29, 1.82) is 0 Å². The molecule has 0 unspecified atom stereocenters. The molecule has 0 saturated carbocycles. The van der Waals surface area contributed by atoms with Crippen molar-refractivity contribution in [2.75, 3.05) is 20.8 Å². The van der Waals surface area contributed by atoms with Gasteiger partial charge in [-0.05, 0) is 36.8 Å². The normalized spacial score (nSPS) is 10.9. The second kappa shape index (κ2) is 11.4. The van der Waals surface area contributed by atoms with Gasteiger partial charge in [0.2, 0.25) is 0 Å². The zero-order valence-electron chi connectivity index (χ0n) is 18.9. The van der Waals surface area contributed by atoms with Crippen molar-refractivity contribution in [2.24, 2.45) is 0 Å². The Labute approximate surface area is 184 Å². The average Bonchev–Trinajstić information content (AvgIpc) is 3.14. The molecule has 1 aromatic heterocycles. The lowest BCUT2D eigenvalue weighted by Gasteiger charge is -2.11. The van der Waals surface area contributed by atoms with Gasteiger partial charge < -0.3 is 18.8 Å². The van der Waals surface area contributed by atoms with Gasteiger partial charge in [-0.3, -0.25) is 0 Å². The number of rotatable bonds is 12. The highest BCUT2D eigenvalue weighted by atomic mass is 16.5. The molecule has 3 aromatic rings. The first-order chi connectivity index (χ1) is 15.2. The molecule has 0 spiro atoms. The standard InChI is InChI=1S/C26H33NO4/c1-4-5-6-7-8-9-13-18-31-25-22-19-21(29-2)16-17-23(22)27(24(25)26(28)30-3)20-14-11-10-12-15-20/h10-12,14-17,19H,4-9,13,18H2,1-3H3. The van der Waals surface area contributed by atoms with E-state index in [-0.39, 0.29) is 0 Å². The number of esters is 1. The first-order valence-corrected chi connectivity index (χ1v) is 11.2. The molecule has 2 aromatic carbocycles. The van der Waals surface area contributed by atoms with Crippen LogP contribution in [0.5, 0.6) is 11.5 Å². The monoisotopic (exact) mass is 423 g/mol. The molecule has 0 saturated heterocycles. The predicted octanol–water partition coefficient (Wildman–Crippen LogP) is 6.56. The fourth-order valence-electron chi connectivity index (χ4n) is 3.87. The number of unbranched alkanes of at least 4 members (excludes halogenated alkanes) is 6. The molecule has 0 aliphatic heterocycles. The van der Waals surface area contributed by atoms with Crippen LogP contribution in [0.1, 0.15) is 62.4 Å². The number of hydrogen-bond donors (Lipinski definition) is 0. The first kappa shape index (κ1) is 22.7. The Hall–Kier alpha value is -2.95. The summed E-state index contributed by atoms with van der Waals surface area (Å²) in [6, 6.07) is 15.5. The highest BCUT2D eigenvalue weighted by Crippen LogP contribution is 2.38. The minimum Gasteiger partial charge on any atom is -0.497 e. The highest BCUT2D eigenvalue weighted by molar-refractivity contribution is 6.03. The van der Waals surface area contributed by atoms with E-state index in [4.69, 9.17) is 14.2 Å². The van der Waals surface area contributed by atoms with Crippen molar-refractivity contribution in [3.05, 3.63) is 54.2 Å². The number of benzene rings is 2. The Morgan fingerprint density at radius 3 is 2.29 bits per heavy atom. The fraction of sp³-hybridized carbons (Fsp3) is 0.423. The predicted molar refractivity (Wildman–Crippen MR) is 125 cm³/mol.